The highest BCUT2D eigenvalue weighted by molar-refractivity contribution is 7.91. The summed E-state index contributed by atoms with van der Waals surface area (Å²) in [5.74, 6) is -0.341. The third kappa shape index (κ3) is 6.41. The van der Waals surface area contributed by atoms with E-state index in [2.05, 4.69) is 41.4 Å². The summed E-state index contributed by atoms with van der Waals surface area (Å²) >= 11 is 0. The first-order valence-electron chi connectivity index (χ1n) is 10.2. The van der Waals surface area contributed by atoms with Crippen LogP contribution in [-0.4, -0.2) is 44.1 Å². The molecule has 0 bridgehead atoms. The standard InChI is InChI=1S/C23H30N2O3S/c1-18-6-8-22(9-7-18)29(27,28)15-12-23(26)24-21-10-13-25(14-11-21)17-20-5-3-4-19(2)16-20/h3-9,16,21H,10-15,17H2,1-2H3,(H,24,26). The van der Waals surface area contributed by atoms with E-state index >= 15 is 0 Å². The predicted octanol–water partition coefficient (Wildman–Crippen LogP) is 3.25. The summed E-state index contributed by atoms with van der Waals surface area (Å²) in [6.07, 6.45) is 1.78. The van der Waals surface area contributed by atoms with Gasteiger partial charge in [0.05, 0.1) is 10.6 Å². The van der Waals surface area contributed by atoms with Gasteiger partial charge in [-0.1, -0.05) is 47.5 Å². The molecule has 29 heavy (non-hydrogen) atoms. The molecule has 3 rings (SSSR count). The maximum Gasteiger partial charge on any atom is 0.221 e. The highest BCUT2D eigenvalue weighted by atomic mass is 32.2. The molecule has 0 atom stereocenters. The molecule has 0 spiro atoms. The van der Waals surface area contributed by atoms with Crippen LogP contribution in [0.1, 0.15) is 36.0 Å². The van der Waals surface area contributed by atoms with E-state index in [4.69, 9.17) is 0 Å². The first kappa shape index (κ1) is 21.5. The van der Waals surface area contributed by atoms with Crippen molar-refractivity contribution in [3.63, 3.8) is 0 Å². The van der Waals surface area contributed by atoms with E-state index in [0.29, 0.717) is 0 Å². The number of hydrogen-bond donors (Lipinski definition) is 1. The zero-order valence-corrected chi connectivity index (χ0v) is 18.0. The van der Waals surface area contributed by atoms with E-state index in [1.807, 2.05) is 6.92 Å². The van der Waals surface area contributed by atoms with Crippen molar-refractivity contribution >= 4 is 15.7 Å². The van der Waals surface area contributed by atoms with Crippen LogP contribution in [0.15, 0.2) is 53.4 Å². The Morgan fingerprint density at radius 2 is 1.72 bits per heavy atom. The molecule has 0 aliphatic carbocycles. The molecule has 0 aromatic heterocycles. The van der Waals surface area contributed by atoms with E-state index in [-0.39, 0.29) is 29.0 Å². The topological polar surface area (TPSA) is 66.5 Å². The number of amides is 1. The van der Waals surface area contributed by atoms with Gasteiger partial charge in [-0.2, -0.15) is 0 Å². The molecule has 1 fully saturated rings. The molecule has 0 saturated carbocycles. The van der Waals surface area contributed by atoms with Gasteiger partial charge in [0.25, 0.3) is 0 Å². The van der Waals surface area contributed by atoms with Gasteiger partial charge >= 0.3 is 0 Å². The number of hydrogen-bond acceptors (Lipinski definition) is 4. The number of benzene rings is 2. The number of rotatable bonds is 7. The highest BCUT2D eigenvalue weighted by Crippen LogP contribution is 2.16. The van der Waals surface area contributed by atoms with Gasteiger partial charge in [-0.05, 0) is 44.4 Å². The van der Waals surface area contributed by atoms with Gasteiger partial charge in [0.1, 0.15) is 0 Å². The minimum atomic E-state index is -3.43. The van der Waals surface area contributed by atoms with Crippen molar-refractivity contribution in [2.45, 2.75) is 50.6 Å². The lowest BCUT2D eigenvalue weighted by Gasteiger charge is -2.32. The lowest BCUT2D eigenvalue weighted by atomic mass is 10.0. The molecular formula is C23H30N2O3S. The summed E-state index contributed by atoms with van der Waals surface area (Å²) in [6, 6.07) is 15.4. The fraction of sp³-hybridized carbons (Fsp3) is 0.435. The molecule has 1 aliphatic rings. The van der Waals surface area contributed by atoms with Gasteiger partial charge in [-0.25, -0.2) is 8.42 Å². The Hall–Kier alpha value is -2.18. The molecule has 2 aromatic carbocycles. The quantitative estimate of drug-likeness (QED) is 0.755. The minimum Gasteiger partial charge on any atom is -0.353 e. The predicted molar refractivity (Wildman–Crippen MR) is 115 cm³/mol. The molecule has 1 N–H and O–H groups in total. The molecule has 1 aliphatic heterocycles. The van der Waals surface area contributed by atoms with E-state index < -0.39 is 9.84 Å². The number of carbonyl (C=O) groups excluding carboxylic acids is 1. The lowest BCUT2D eigenvalue weighted by molar-refractivity contribution is -0.121. The number of sulfone groups is 1. The van der Waals surface area contributed by atoms with Crippen LogP contribution < -0.4 is 5.32 Å². The molecule has 1 saturated heterocycles. The van der Waals surface area contributed by atoms with Gasteiger partial charge in [0, 0.05) is 32.1 Å². The van der Waals surface area contributed by atoms with Crippen LogP contribution in [0.3, 0.4) is 0 Å². The summed E-state index contributed by atoms with van der Waals surface area (Å²) in [5.41, 5.74) is 3.59. The smallest absolute Gasteiger partial charge is 0.221 e. The van der Waals surface area contributed by atoms with Crippen molar-refractivity contribution < 1.29 is 13.2 Å². The molecular weight excluding hydrogens is 384 g/mol. The largest absolute Gasteiger partial charge is 0.353 e. The van der Waals surface area contributed by atoms with E-state index in [9.17, 15) is 13.2 Å². The number of aryl methyl sites for hydroxylation is 2. The SMILES string of the molecule is Cc1ccc(S(=O)(=O)CCC(=O)NC2CCN(Cc3cccc(C)c3)CC2)cc1. The van der Waals surface area contributed by atoms with Crippen LogP contribution in [0, 0.1) is 13.8 Å². The molecule has 0 unspecified atom stereocenters. The van der Waals surface area contributed by atoms with Gasteiger partial charge in [-0.15, -0.1) is 0 Å². The Bertz CT molecular complexity index is 931. The first-order valence-corrected chi connectivity index (χ1v) is 11.8. The van der Waals surface area contributed by atoms with E-state index in [0.717, 1.165) is 38.0 Å². The lowest BCUT2D eigenvalue weighted by Crippen LogP contribution is -2.44. The Morgan fingerprint density at radius 3 is 2.38 bits per heavy atom. The fourth-order valence-corrected chi connectivity index (χ4v) is 4.94. The molecule has 1 amide bonds. The third-order valence-electron chi connectivity index (χ3n) is 5.42. The molecule has 6 heteroatoms. The number of piperidine rings is 1. The van der Waals surface area contributed by atoms with Crippen LogP contribution in [0.5, 0.6) is 0 Å². The summed E-state index contributed by atoms with van der Waals surface area (Å²) < 4.78 is 24.8. The van der Waals surface area contributed by atoms with Crippen LogP contribution >= 0.6 is 0 Å². The summed E-state index contributed by atoms with van der Waals surface area (Å²) in [5, 5.41) is 3.02. The van der Waals surface area contributed by atoms with Gasteiger partial charge in [-0.3, -0.25) is 9.69 Å². The van der Waals surface area contributed by atoms with Crippen molar-refractivity contribution in [3.05, 3.63) is 65.2 Å². The maximum atomic E-state index is 12.4. The Balaban J connectivity index is 1.42. The maximum absolute atomic E-state index is 12.4. The van der Waals surface area contributed by atoms with Crippen molar-refractivity contribution in [2.75, 3.05) is 18.8 Å². The van der Waals surface area contributed by atoms with Crippen LogP contribution in [0.4, 0.5) is 0 Å². The molecule has 1 heterocycles. The van der Waals surface area contributed by atoms with Crippen molar-refractivity contribution in [1.82, 2.24) is 10.2 Å². The Labute approximate surface area is 174 Å². The molecule has 5 nitrogen and oxygen atoms in total. The second-order valence-electron chi connectivity index (χ2n) is 7.99. The monoisotopic (exact) mass is 414 g/mol. The zero-order valence-electron chi connectivity index (χ0n) is 17.2. The second-order valence-corrected chi connectivity index (χ2v) is 10.1. The van der Waals surface area contributed by atoms with Crippen LogP contribution in [-0.2, 0) is 21.2 Å². The van der Waals surface area contributed by atoms with E-state index in [1.54, 1.807) is 24.3 Å². The van der Waals surface area contributed by atoms with Gasteiger partial charge in [0.2, 0.25) is 5.91 Å². The second kappa shape index (κ2) is 9.55. The Kier molecular flexibility index (Phi) is 7.09. The Morgan fingerprint density at radius 1 is 1.03 bits per heavy atom. The van der Waals surface area contributed by atoms with Gasteiger partial charge < -0.3 is 5.32 Å². The normalized spacial score (nSPS) is 15.9. The fourth-order valence-electron chi connectivity index (χ4n) is 3.69. The molecule has 2 aromatic rings. The summed E-state index contributed by atoms with van der Waals surface area (Å²) in [6.45, 7) is 6.80. The van der Waals surface area contributed by atoms with Crippen molar-refractivity contribution in [1.29, 1.82) is 0 Å². The molecule has 0 radical (unpaired) electrons. The van der Waals surface area contributed by atoms with Crippen molar-refractivity contribution in [3.8, 4) is 0 Å². The number of nitrogens with one attached hydrogen (secondary N) is 1. The summed E-state index contributed by atoms with van der Waals surface area (Å²) in [4.78, 5) is 14.9. The minimum absolute atomic E-state index is 0.000281. The highest BCUT2D eigenvalue weighted by Gasteiger charge is 2.22. The number of carbonyl (C=O) groups is 1. The zero-order chi connectivity index (χ0) is 20.9. The third-order valence-corrected chi connectivity index (χ3v) is 7.15. The van der Waals surface area contributed by atoms with Gasteiger partial charge in [0.15, 0.2) is 9.84 Å². The average molecular weight is 415 g/mol. The average Bonchev–Trinajstić information content (AvgIpc) is 2.68. The van der Waals surface area contributed by atoms with E-state index in [1.165, 1.54) is 11.1 Å². The number of likely N-dealkylation sites (tertiary alicyclic amines) is 1. The van der Waals surface area contributed by atoms with Crippen LogP contribution in [0.25, 0.3) is 0 Å². The number of nitrogens with zero attached hydrogens (tertiary/aromatic N) is 1. The van der Waals surface area contributed by atoms with Crippen molar-refractivity contribution in [2.24, 2.45) is 0 Å². The first-order chi connectivity index (χ1) is 13.8. The summed E-state index contributed by atoms with van der Waals surface area (Å²) in [7, 11) is -3.43. The van der Waals surface area contributed by atoms with Crippen LogP contribution in [0.2, 0.25) is 0 Å². The molecule has 156 valence electrons.